The molecule has 2 aliphatic heterocycles. The number of hydrogen-bond acceptors (Lipinski definition) is 5. The van der Waals surface area contributed by atoms with Crippen LogP contribution in [-0.4, -0.2) is 64.6 Å². The van der Waals surface area contributed by atoms with E-state index in [1.54, 1.807) is 0 Å². The van der Waals surface area contributed by atoms with Crippen molar-refractivity contribution >= 4 is 0 Å². The van der Waals surface area contributed by atoms with Gasteiger partial charge in [0.05, 0.1) is 25.2 Å². The maximum absolute atomic E-state index is 9.52. The Morgan fingerprint density at radius 3 is 2.95 bits per heavy atom. The molecule has 2 aliphatic rings. The lowest BCUT2D eigenvalue weighted by molar-refractivity contribution is -0.149. The number of piperidine rings is 1. The van der Waals surface area contributed by atoms with Crippen LogP contribution in [0.5, 0.6) is 0 Å². The Balaban J connectivity index is 1.61. The van der Waals surface area contributed by atoms with Gasteiger partial charge in [0.25, 0.3) is 0 Å². The van der Waals surface area contributed by atoms with Crippen LogP contribution in [0.4, 0.5) is 0 Å². The van der Waals surface area contributed by atoms with Crippen LogP contribution in [0.3, 0.4) is 0 Å². The SMILES string of the molecule is Cc1nc(C2CCCN(CC3(CO)COC3)C2)n[nH]1. The minimum absolute atomic E-state index is 0.0309. The third kappa shape index (κ3) is 2.66. The van der Waals surface area contributed by atoms with Crippen LogP contribution in [-0.2, 0) is 4.74 Å². The number of nitrogens with one attached hydrogen (secondary N) is 1. The minimum atomic E-state index is -0.0309. The van der Waals surface area contributed by atoms with E-state index in [0.717, 1.165) is 37.7 Å². The summed E-state index contributed by atoms with van der Waals surface area (Å²) in [5, 5.41) is 16.7. The standard InChI is InChI=1S/C13H22N4O2/c1-10-14-12(16-15-10)11-3-2-4-17(5-11)6-13(7-18)8-19-9-13/h11,18H,2-9H2,1H3,(H,14,15,16). The number of ether oxygens (including phenoxy) is 1. The van der Waals surface area contributed by atoms with E-state index >= 15 is 0 Å². The molecule has 3 rings (SSSR count). The molecule has 2 saturated heterocycles. The number of aromatic amines is 1. The van der Waals surface area contributed by atoms with Gasteiger partial charge in [-0.3, -0.25) is 5.10 Å². The minimum Gasteiger partial charge on any atom is -0.396 e. The van der Waals surface area contributed by atoms with E-state index in [-0.39, 0.29) is 12.0 Å². The van der Waals surface area contributed by atoms with Gasteiger partial charge in [-0.05, 0) is 26.3 Å². The molecular formula is C13H22N4O2. The number of H-pyrrole nitrogens is 1. The molecule has 19 heavy (non-hydrogen) atoms. The molecule has 0 amide bonds. The van der Waals surface area contributed by atoms with Gasteiger partial charge >= 0.3 is 0 Å². The Bertz CT molecular complexity index is 425. The van der Waals surface area contributed by atoms with Gasteiger partial charge in [0.2, 0.25) is 0 Å². The topological polar surface area (TPSA) is 74.3 Å². The van der Waals surface area contributed by atoms with Crippen molar-refractivity contribution in [3.63, 3.8) is 0 Å². The highest BCUT2D eigenvalue weighted by Gasteiger charge is 2.40. The first-order chi connectivity index (χ1) is 9.21. The number of aliphatic hydroxyl groups is 1. The predicted octanol–water partition coefficient (Wildman–Crippen LogP) is 0.301. The quantitative estimate of drug-likeness (QED) is 0.820. The van der Waals surface area contributed by atoms with E-state index in [2.05, 4.69) is 20.1 Å². The van der Waals surface area contributed by atoms with Crippen molar-refractivity contribution in [2.24, 2.45) is 5.41 Å². The van der Waals surface area contributed by atoms with Gasteiger partial charge in [0.1, 0.15) is 5.82 Å². The van der Waals surface area contributed by atoms with Crippen LogP contribution < -0.4 is 0 Å². The molecule has 6 nitrogen and oxygen atoms in total. The fourth-order valence-corrected chi connectivity index (χ4v) is 3.05. The smallest absolute Gasteiger partial charge is 0.155 e. The summed E-state index contributed by atoms with van der Waals surface area (Å²) < 4.78 is 5.27. The van der Waals surface area contributed by atoms with Crippen LogP contribution in [0, 0.1) is 12.3 Å². The summed E-state index contributed by atoms with van der Waals surface area (Å²) in [6.07, 6.45) is 2.32. The Labute approximate surface area is 113 Å². The first kappa shape index (κ1) is 13.0. The lowest BCUT2D eigenvalue weighted by Crippen LogP contribution is -2.54. The molecule has 0 aliphatic carbocycles. The van der Waals surface area contributed by atoms with Crippen molar-refractivity contribution in [3.8, 4) is 0 Å². The second-order valence-corrected chi connectivity index (χ2v) is 6.00. The summed E-state index contributed by atoms with van der Waals surface area (Å²) in [5.74, 6) is 2.23. The van der Waals surface area contributed by atoms with E-state index in [0.29, 0.717) is 19.1 Å². The summed E-state index contributed by atoms with van der Waals surface area (Å²) in [4.78, 5) is 6.88. The second kappa shape index (κ2) is 5.19. The fourth-order valence-electron chi connectivity index (χ4n) is 3.05. The van der Waals surface area contributed by atoms with Crippen molar-refractivity contribution in [2.75, 3.05) is 39.5 Å². The van der Waals surface area contributed by atoms with E-state index in [9.17, 15) is 5.11 Å². The zero-order valence-corrected chi connectivity index (χ0v) is 11.4. The largest absolute Gasteiger partial charge is 0.396 e. The molecule has 106 valence electrons. The van der Waals surface area contributed by atoms with Gasteiger partial charge in [0.15, 0.2) is 5.82 Å². The molecule has 1 atom stereocenters. The van der Waals surface area contributed by atoms with Crippen molar-refractivity contribution in [3.05, 3.63) is 11.6 Å². The highest BCUT2D eigenvalue weighted by Crippen LogP contribution is 2.31. The number of aryl methyl sites for hydroxylation is 1. The zero-order valence-electron chi connectivity index (χ0n) is 11.4. The predicted molar refractivity (Wildman–Crippen MR) is 69.9 cm³/mol. The van der Waals surface area contributed by atoms with Crippen molar-refractivity contribution in [1.82, 2.24) is 20.1 Å². The van der Waals surface area contributed by atoms with Crippen molar-refractivity contribution in [1.29, 1.82) is 0 Å². The third-order valence-corrected chi connectivity index (χ3v) is 4.20. The van der Waals surface area contributed by atoms with Crippen LogP contribution in [0.15, 0.2) is 0 Å². The number of hydrogen-bond donors (Lipinski definition) is 2. The van der Waals surface area contributed by atoms with Gasteiger partial charge < -0.3 is 14.7 Å². The van der Waals surface area contributed by atoms with Gasteiger partial charge in [-0.2, -0.15) is 5.10 Å². The average Bonchev–Trinajstić information content (AvgIpc) is 2.81. The van der Waals surface area contributed by atoms with E-state index < -0.39 is 0 Å². The molecule has 0 spiro atoms. The molecule has 1 aromatic heterocycles. The molecular weight excluding hydrogens is 244 g/mol. The maximum Gasteiger partial charge on any atom is 0.155 e. The monoisotopic (exact) mass is 266 g/mol. The zero-order chi connectivity index (χ0) is 13.3. The molecule has 0 bridgehead atoms. The molecule has 0 saturated carbocycles. The van der Waals surface area contributed by atoms with E-state index in [1.807, 2.05) is 6.92 Å². The van der Waals surface area contributed by atoms with Gasteiger partial charge in [-0.25, -0.2) is 4.98 Å². The van der Waals surface area contributed by atoms with E-state index in [1.165, 1.54) is 6.42 Å². The molecule has 3 heterocycles. The summed E-state index contributed by atoms with van der Waals surface area (Å²) >= 11 is 0. The summed E-state index contributed by atoms with van der Waals surface area (Å²) in [5.41, 5.74) is -0.0309. The average molecular weight is 266 g/mol. The number of aliphatic hydroxyl groups excluding tert-OH is 1. The number of likely N-dealkylation sites (tertiary alicyclic amines) is 1. The number of aromatic nitrogens is 3. The third-order valence-electron chi connectivity index (χ3n) is 4.20. The molecule has 0 aromatic carbocycles. The molecule has 0 radical (unpaired) electrons. The maximum atomic E-state index is 9.52. The first-order valence-electron chi connectivity index (χ1n) is 7.01. The second-order valence-electron chi connectivity index (χ2n) is 6.00. The number of nitrogens with zero attached hydrogens (tertiary/aromatic N) is 3. The van der Waals surface area contributed by atoms with Crippen molar-refractivity contribution < 1.29 is 9.84 Å². The van der Waals surface area contributed by atoms with Crippen LogP contribution in [0.1, 0.15) is 30.4 Å². The Morgan fingerprint density at radius 2 is 2.37 bits per heavy atom. The Hall–Kier alpha value is -0.980. The molecule has 6 heteroatoms. The molecule has 1 unspecified atom stereocenters. The van der Waals surface area contributed by atoms with Crippen molar-refractivity contribution in [2.45, 2.75) is 25.7 Å². The van der Waals surface area contributed by atoms with Crippen LogP contribution >= 0.6 is 0 Å². The first-order valence-corrected chi connectivity index (χ1v) is 7.01. The summed E-state index contributed by atoms with van der Waals surface area (Å²) in [6, 6.07) is 0. The molecule has 2 N–H and O–H groups in total. The Kier molecular flexibility index (Phi) is 3.56. The van der Waals surface area contributed by atoms with Crippen LogP contribution in [0.2, 0.25) is 0 Å². The summed E-state index contributed by atoms with van der Waals surface area (Å²) in [6.45, 7) is 6.52. The highest BCUT2D eigenvalue weighted by molar-refractivity contribution is 5.01. The van der Waals surface area contributed by atoms with E-state index in [4.69, 9.17) is 4.74 Å². The lowest BCUT2D eigenvalue weighted by atomic mass is 9.85. The highest BCUT2D eigenvalue weighted by atomic mass is 16.5. The van der Waals surface area contributed by atoms with Gasteiger partial charge in [-0.15, -0.1) is 0 Å². The van der Waals surface area contributed by atoms with Gasteiger partial charge in [-0.1, -0.05) is 0 Å². The normalized spacial score (nSPS) is 27.2. The summed E-state index contributed by atoms with van der Waals surface area (Å²) in [7, 11) is 0. The Morgan fingerprint density at radius 1 is 1.53 bits per heavy atom. The van der Waals surface area contributed by atoms with Gasteiger partial charge in [0, 0.05) is 19.0 Å². The van der Waals surface area contributed by atoms with Crippen LogP contribution in [0.25, 0.3) is 0 Å². The molecule has 2 fully saturated rings. The fraction of sp³-hybridized carbons (Fsp3) is 0.846. The number of rotatable bonds is 4. The molecule has 1 aromatic rings. The lowest BCUT2D eigenvalue weighted by Gasteiger charge is -2.45.